The first-order chi connectivity index (χ1) is 6.68. The minimum absolute atomic E-state index is 0.479. The first-order valence-corrected chi connectivity index (χ1v) is 4.39. The molecule has 0 radical (unpaired) electrons. The molecule has 2 rings (SSSR count). The van der Waals surface area contributed by atoms with E-state index in [9.17, 15) is 0 Å². The van der Waals surface area contributed by atoms with Crippen molar-refractivity contribution in [1.29, 1.82) is 0 Å². The molecule has 0 saturated carbocycles. The molecule has 2 aromatic rings. The summed E-state index contributed by atoms with van der Waals surface area (Å²) in [7, 11) is 0. The molecule has 2 heterocycles. The fourth-order valence-corrected chi connectivity index (χ4v) is 1.25. The Morgan fingerprint density at radius 3 is 2.79 bits per heavy atom. The van der Waals surface area contributed by atoms with Gasteiger partial charge in [0.25, 0.3) is 0 Å². The summed E-state index contributed by atoms with van der Waals surface area (Å²) < 4.78 is 4.99. The van der Waals surface area contributed by atoms with Crippen LogP contribution in [-0.4, -0.2) is 10.1 Å². The summed E-state index contributed by atoms with van der Waals surface area (Å²) in [5.74, 6) is 0.525. The standard InChI is InChI=1S/C9H8ClN3O/c1-5-2-6(3-12-9(5)10)8-7(11)4-13-14-8/h2-4H,11H2,1H3. The van der Waals surface area contributed by atoms with Crippen LogP contribution in [0.5, 0.6) is 0 Å². The molecule has 0 unspecified atom stereocenters. The largest absolute Gasteiger partial charge is 0.394 e. The molecule has 2 aromatic heterocycles. The van der Waals surface area contributed by atoms with Crippen molar-refractivity contribution in [3.05, 3.63) is 29.2 Å². The van der Waals surface area contributed by atoms with Gasteiger partial charge in [-0.1, -0.05) is 16.8 Å². The minimum Gasteiger partial charge on any atom is -0.394 e. The van der Waals surface area contributed by atoms with Crippen molar-refractivity contribution in [2.45, 2.75) is 6.92 Å². The van der Waals surface area contributed by atoms with E-state index in [4.69, 9.17) is 21.9 Å². The van der Waals surface area contributed by atoms with Gasteiger partial charge in [-0.05, 0) is 18.6 Å². The molecule has 0 aliphatic carbocycles. The maximum atomic E-state index is 5.79. The fourth-order valence-electron chi connectivity index (χ4n) is 1.15. The number of rotatable bonds is 1. The summed E-state index contributed by atoms with van der Waals surface area (Å²) in [5.41, 5.74) is 7.79. The van der Waals surface area contributed by atoms with Gasteiger partial charge in [0.05, 0.1) is 6.20 Å². The molecule has 0 atom stereocenters. The van der Waals surface area contributed by atoms with E-state index in [1.807, 2.05) is 13.0 Å². The summed E-state index contributed by atoms with van der Waals surface area (Å²) in [6, 6.07) is 1.85. The maximum absolute atomic E-state index is 5.79. The second-order valence-electron chi connectivity index (χ2n) is 2.94. The highest BCUT2D eigenvalue weighted by molar-refractivity contribution is 6.30. The molecule has 0 amide bonds. The molecule has 0 aromatic carbocycles. The number of nitrogens with zero attached hydrogens (tertiary/aromatic N) is 2. The van der Waals surface area contributed by atoms with Gasteiger partial charge >= 0.3 is 0 Å². The van der Waals surface area contributed by atoms with Crippen molar-refractivity contribution in [3.63, 3.8) is 0 Å². The normalized spacial score (nSPS) is 10.4. The van der Waals surface area contributed by atoms with E-state index in [1.165, 1.54) is 6.20 Å². The average molecular weight is 210 g/mol. The Bertz CT molecular complexity index is 467. The molecule has 0 spiro atoms. The van der Waals surface area contributed by atoms with Crippen LogP contribution in [0.25, 0.3) is 11.3 Å². The van der Waals surface area contributed by atoms with Crippen LogP contribution in [0.2, 0.25) is 5.15 Å². The molecule has 4 nitrogen and oxygen atoms in total. The lowest BCUT2D eigenvalue weighted by molar-refractivity contribution is 0.432. The molecule has 72 valence electrons. The van der Waals surface area contributed by atoms with E-state index in [0.29, 0.717) is 16.6 Å². The number of pyridine rings is 1. The van der Waals surface area contributed by atoms with Gasteiger partial charge in [0.2, 0.25) is 0 Å². The average Bonchev–Trinajstić information content (AvgIpc) is 2.57. The topological polar surface area (TPSA) is 64.9 Å². The number of halogens is 1. The second-order valence-corrected chi connectivity index (χ2v) is 3.30. The van der Waals surface area contributed by atoms with Crippen molar-refractivity contribution >= 4 is 17.3 Å². The predicted molar refractivity (Wildman–Crippen MR) is 53.9 cm³/mol. The van der Waals surface area contributed by atoms with Crippen LogP contribution in [0.4, 0.5) is 5.69 Å². The number of nitrogen functional groups attached to an aromatic ring is 1. The smallest absolute Gasteiger partial charge is 0.191 e. The highest BCUT2D eigenvalue weighted by atomic mass is 35.5. The number of hydrogen-bond donors (Lipinski definition) is 1. The van der Waals surface area contributed by atoms with Crippen molar-refractivity contribution < 1.29 is 4.52 Å². The summed E-state index contributed by atoms with van der Waals surface area (Å²) in [6.07, 6.45) is 3.06. The molecule has 0 fully saturated rings. The van der Waals surface area contributed by atoms with Gasteiger partial charge in [-0.3, -0.25) is 0 Å². The van der Waals surface area contributed by atoms with Crippen LogP contribution >= 0.6 is 11.6 Å². The second kappa shape index (κ2) is 3.31. The van der Waals surface area contributed by atoms with Gasteiger partial charge in [-0.2, -0.15) is 0 Å². The van der Waals surface area contributed by atoms with Crippen molar-refractivity contribution in [2.75, 3.05) is 5.73 Å². The molecule has 5 heteroatoms. The summed E-state index contributed by atoms with van der Waals surface area (Å²) >= 11 is 5.79. The van der Waals surface area contributed by atoms with E-state index in [0.717, 1.165) is 11.1 Å². The Morgan fingerprint density at radius 2 is 2.21 bits per heavy atom. The van der Waals surface area contributed by atoms with Crippen molar-refractivity contribution in [3.8, 4) is 11.3 Å². The maximum Gasteiger partial charge on any atom is 0.191 e. The van der Waals surface area contributed by atoms with Crippen molar-refractivity contribution in [1.82, 2.24) is 10.1 Å². The fraction of sp³-hybridized carbons (Fsp3) is 0.111. The highest BCUT2D eigenvalue weighted by Gasteiger charge is 2.09. The van der Waals surface area contributed by atoms with Crippen LogP contribution in [-0.2, 0) is 0 Å². The summed E-state index contributed by atoms with van der Waals surface area (Å²) in [6.45, 7) is 1.87. The number of aryl methyl sites for hydroxylation is 1. The van der Waals surface area contributed by atoms with Crippen molar-refractivity contribution in [2.24, 2.45) is 0 Å². The highest BCUT2D eigenvalue weighted by Crippen LogP contribution is 2.26. The lowest BCUT2D eigenvalue weighted by Gasteiger charge is -2.00. The van der Waals surface area contributed by atoms with Gasteiger partial charge in [-0.15, -0.1) is 0 Å². The van der Waals surface area contributed by atoms with Gasteiger partial charge in [0, 0.05) is 11.8 Å². The quantitative estimate of drug-likeness (QED) is 0.732. The Hall–Kier alpha value is -1.55. The SMILES string of the molecule is Cc1cc(-c2oncc2N)cnc1Cl. The zero-order valence-corrected chi connectivity index (χ0v) is 8.25. The number of hydrogen-bond acceptors (Lipinski definition) is 4. The molecule has 0 aliphatic rings. The van der Waals surface area contributed by atoms with E-state index >= 15 is 0 Å². The third kappa shape index (κ3) is 1.44. The zero-order valence-electron chi connectivity index (χ0n) is 7.49. The molecule has 0 aliphatic heterocycles. The molecule has 14 heavy (non-hydrogen) atoms. The van der Waals surface area contributed by atoms with Crippen LogP contribution in [0.15, 0.2) is 23.0 Å². The number of nitrogens with two attached hydrogens (primary N) is 1. The van der Waals surface area contributed by atoms with Crippen LogP contribution in [0.3, 0.4) is 0 Å². The third-order valence-electron chi connectivity index (χ3n) is 1.87. The van der Waals surface area contributed by atoms with Gasteiger partial charge < -0.3 is 10.3 Å². The molecule has 0 saturated heterocycles. The third-order valence-corrected chi connectivity index (χ3v) is 2.27. The zero-order chi connectivity index (χ0) is 10.1. The van der Waals surface area contributed by atoms with E-state index in [-0.39, 0.29) is 0 Å². The Labute approximate surface area is 85.7 Å². The van der Waals surface area contributed by atoms with Crippen LogP contribution < -0.4 is 5.73 Å². The van der Waals surface area contributed by atoms with E-state index < -0.39 is 0 Å². The van der Waals surface area contributed by atoms with Gasteiger partial charge in [0.15, 0.2) is 5.76 Å². The molecular weight excluding hydrogens is 202 g/mol. The first-order valence-electron chi connectivity index (χ1n) is 4.01. The first kappa shape index (κ1) is 9.02. The van der Waals surface area contributed by atoms with E-state index in [2.05, 4.69) is 10.1 Å². The number of anilines is 1. The lowest BCUT2D eigenvalue weighted by Crippen LogP contribution is -1.87. The van der Waals surface area contributed by atoms with E-state index in [1.54, 1.807) is 6.20 Å². The Kier molecular flexibility index (Phi) is 2.13. The minimum atomic E-state index is 0.479. The Balaban J connectivity index is 2.53. The number of aromatic nitrogens is 2. The van der Waals surface area contributed by atoms with Crippen LogP contribution in [0, 0.1) is 6.92 Å². The molecule has 2 N–H and O–H groups in total. The Morgan fingerprint density at radius 1 is 1.43 bits per heavy atom. The molecular formula is C9H8ClN3O. The van der Waals surface area contributed by atoms with Gasteiger partial charge in [0.1, 0.15) is 10.8 Å². The monoisotopic (exact) mass is 209 g/mol. The summed E-state index contributed by atoms with van der Waals surface area (Å²) in [5, 5.41) is 4.07. The molecule has 0 bridgehead atoms. The summed E-state index contributed by atoms with van der Waals surface area (Å²) in [4.78, 5) is 4.00. The predicted octanol–water partition coefficient (Wildman–Crippen LogP) is 2.28. The van der Waals surface area contributed by atoms with Gasteiger partial charge in [-0.25, -0.2) is 4.98 Å². The lowest BCUT2D eigenvalue weighted by atomic mass is 10.1. The van der Waals surface area contributed by atoms with Crippen LogP contribution in [0.1, 0.15) is 5.56 Å².